The molecule has 2 aromatic carbocycles. The largest absolute Gasteiger partial charge is 0.573 e. The molecule has 0 radical (unpaired) electrons. The Morgan fingerprint density at radius 3 is 2.34 bits per heavy atom. The van der Waals surface area contributed by atoms with Crippen LogP contribution in [0.5, 0.6) is 11.5 Å². The summed E-state index contributed by atoms with van der Waals surface area (Å²) in [6.45, 7) is -1.47. The topological polar surface area (TPSA) is 68.9 Å². The summed E-state index contributed by atoms with van der Waals surface area (Å²) in [4.78, 5) is 3.95. The van der Waals surface area contributed by atoms with Gasteiger partial charge in [0.05, 0.1) is 12.2 Å². The molecule has 0 unspecified atom stereocenters. The Bertz CT molecular complexity index is 827. The Labute approximate surface area is 178 Å². The number of halogens is 7. The van der Waals surface area contributed by atoms with Gasteiger partial charge < -0.3 is 20.5 Å². The lowest BCUT2D eigenvalue weighted by molar-refractivity contribution is -0.274. The van der Waals surface area contributed by atoms with Crippen molar-refractivity contribution in [2.75, 3.05) is 11.9 Å². The zero-order valence-corrected chi connectivity index (χ0v) is 16.9. The average Bonchev–Trinajstić information content (AvgIpc) is 2.58. The number of para-hydroxylation sites is 2. The highest BCUT2D eigenvalue weighted by atomic mass is 127. The van der Waals surface area contributed by atoms with Gasteiger partial charge in [-0.15, -0.1) is 37.1 Å². The van der Waals surface area contributed by atoms with E-state index in [1.165, 1.54) is 36.4 Å². The molecule has 160 valence electrons. The molecule has 0 saturated carbocycles. The molecular formula is C17H16F6IN3O2. The Balaban J connectivity index is 0.00000420. The van der Waals surface area contributed by atoms with Crippen LogP contribution in [0.15, 0.2) is 53.5 Å². The number of guanidine groups is 1. The number of rotatable bonds is 6. The molecule has 0 aromatic heterocycles. The molecule has 0 amide bonds. The first-order valence-electron chi connectivity index (χ1n) is 7.72. The number of alkyl halides is 6. The molecule has 0 atom stereocenters. The van der Waals surface area contributed by atoms with Crippen LogP contribution in [-0.2, 0) is 6.54 Å². The maximum Gasteiger partial charge on any atom is 0.573 e. The van der Waals surface area contributed by atoms with Crippen LogP contribution in [0.25, 0.3) is 0 Å². The van der Waals surface area contributed by atoms with Crippen molar-refractivity contribution in [2.45, 2.75) is 19.1 Å². The van der Waals surface area contributed by atoms with Crippen molar-refractivity contribution in [2.24, 2.45) is 10.7 Å². The summed E-state index contributed by atoms with van der Waals surface area (Å²) < 4.78 is 82.3. The number of nitrogens with two attached hydrogens (primary N) is 1. The van der Waals surface area contributed by atoms with Gasteiger partial charge >= 0.3 is 12.5 Å². The number of nitrogens with zero attached hydrogens (tertiary/aromatic N) is 1. The third-order valence-corrected chi connectivity index (χ3v) is 3.11. The molecule has 0 aliphatic carbocycles. The predicted octanol–water partition coefficient (Wildman–Crippen LogP) is 5.07. The van der Waals surface area contributed by atoms with Crippen molar-refractivity contribution >= 4 is 35.6 Å². The summed E-state index contributed by atoms with van der Waals surface area (Å²) in [6.07, 6.45) is -9.34. The number of hydrogen-bond acceptors (Lipinski definition) is 3. The minimum atomic E-state index is -4.87. The van der Waals surface area contributed by atoms with Crippen LogP contribution in [0.2, 0.25) is 0 Å². The highest BCUT2D eigenvalue weighted by molar-refractivity contribution is 14.0. The number of benzene rings is 2. The molecule has 0 fully saturated rings. The van der Waals surface area contributed by atoms with Gasteiger partial charge in [-0.25, -0.2) is 4.99 Å². The first kappa shape index (κ1) is 24.7. The Hall–Kier alpha value is -2.38. The van der Waals surface area contributed by atoms with E-state index in [0.29, 0.717) is 5.56 Å². The zero-order valence-electron chi connectivity index (χ0n) is 14.6. The van der Waals surface area contributed by atoms with E-state index < -0.39 is 24.9 Å². The van der Waals surface area contributed by atoms with E-state index in [4.69, 9.17) is 5.73 Å². The van der Waals surface area contributed by atoms with E-state index in [1.807, 2.05) is 0 Å². The summed E-state index contributed by atoms with van der Waals surface area (Å²) in [6, 6.07) is 11.0. The molecule has 2 rings (SSSR count). The van der Waals surface area contributed by atoms with Crippen molar-refractivity contribution in [3.63, 3.8) is 0 Å². The van der Waals surface area contributed by atoms with Crippen molar-refractivity contribution in [3.8, 4) is 11.5 Å². The zero-order chi connectivity index (χ0) is 20.8. The molecule has 2 aromatic rings. The van der Waals surface area contributed by atoms with Gasteiger partial charge in [-0.2, -0.15) is 13.2 Å². The normalized spacial score (nSPS) is 12.1. The Morgan fingerprint density at radius 1 is 1.00 bits per heavy atom. The number of ether oxygens (including phenoxy) is 2. The number of nitrogens with one attached hydrogen (secondary N) is 1. The lowest BCUT2D eigenvalue weighted by atomic mass is 10.2. The van der Waals surface area contributed by atoms with Crippen molar-refractivity contribution in [1.29, 1.82) is 0 Å². The Morgan fingerprint density at radius 2 is 1.69 bits per heavy atom. The van der Waals surface area contributed by atoms with Crippen molar-refractivity contribution in [3.05, 3.63) is 54.1 Å². The first-order valence-corrected chi connectivity index (χ1v) is 7.72. The van der Waals surface area contributed by atoms with E-state index in [1.54, 1.807) is 6.07 Å². The molecule has 12 heteroatoms. The van der Waals surface area contributed by atoms with Gasteiger partial charge in [0.1, 0.15) is 5.75 Å². The molecule has 29 heavy (non-hydrogen) atoms. The lowest BCUT2D eigenvalue weighted by Gasteiger charge is -2.14. The fourth-order valence-electron chi connectivity index (χ4n) is 2.04. The predicted molar refractivity (Wildman–Crippen MR) is 105 cm³/mol. The molecule has 3 N–H and O–H groups in total. The molecule has 0 spiro atoms. The van der Waals surface area contributed by atoms with Gasteiger partial charge in [0.2, 0.25) is 0 Å². The first-order chi connectivity index (χ1) is 13.0. The van der Waals surface area contributed by atoms with Crippen LogP contribution >= 0.6 is 24.0 Å². The van der Waals surface area contributed by atoms with Gasteiger partial charge in [0.25, 0.3) is 0 Å². The molecule has 0 heterocycles. The highest BCUT2D eigenvalue weighted by Crippen LogP contribution is 2.29. The van der Waals surface area contributed by atoms with Crippen LogP contribution in [0.1, 0.15) is 5.56 Å². The second kappa shape index (κ2) is 10.4. The Kier molecular flexibility index (Phi) is 8.85. The standard InChI is InChI=1S/C17H15F6N3O2.HI/c18-16(19,20)10-27-12-5-3-4-11(8-12)9-25-15(24)26-13-6-1-2-7-14(13)28-17(21,22)23;/h1-8H,9-10H2,(H3,24,25,26);1H. The van der Waals surface area contributed by atoms with Crippen LogP contribution < -0.4 is 20.5 Å². The second-order valence-electron chi connectivity index (χ2n) is 5.42. The van der Waals surface area contributed by atoms with Gasteiger partial charge in [-0.1, -0.05) is 24.3 Å². The summed E-state index contributed by atoms with van der Waals surface area (Å²) in [5, 5.41) is 2.49. The number of aliphatic imine (C=N–C) groups is 1. The molecule has 0 aliphatic rings. The SMILES string of the molecule is I.NC(=NCc1cccc(OCC(F)(F)F)c1)Nc1ccccc1OC(F)(F)F. The molecular weight excluding hydrogens is 519 g/mol. The minimum absolute atomic E-state index is 0. The second-order valence-corrected chi connectivity index (χ2v) is 5.42. The van der Waals surface area contributed by atoms with Gasteiger partial charge in [-0.05, 0) is 29.8 Å². The summed E-state index contributed by atoms with van der Waals surface area (Å²) in [7, 11) is 0. The number of hydrogen-bond donors (Lipinski definition) is 2. The van der Waals surface area contributed by atoms with Crippen molar-refractivity contribution in [1.82, 2.24) is 0 Å². The van der Waals surface area contributed by atoms with Crippen LogP contribution in [0.4, 0.5) is 32.0 Å². The fraction of sp³-hybridized carbons (Fsp3) is 0.235. The summed E-state index contributed by atoms with van der Waals surface area (Å²) in [5.41, 5.74) is 6.10. The third-order valence-electron chi connectivity index (χ3n) is 3.11. The molecule has 0 saturated heterocycles. The van der Waals surface area contributed by atoms with Gasteiger partial charge in [-0.3, -0.25) is 0 Å². The van der Waals surface area contributed by atoms with Gasteiger partial charge in [0, 0.05) is 0 Å². The molecule has 5 nitrogen and oxygen atoms in total. The quantitative estimate of drug-likeness (QED) is 0.235. The lowest BCUT2D eigenvalue weighted by Crippen LogP contribution is -2.24. The van der Waals surface area contributed by atoms with E-state index in [2.05, 4.69) is 19.8 Å². The smallest absolute Gasteiger partial charge is 0.484 e. The van der Waals surface area contributed by atoms with Crippen molar-refractivity contribution < 1.29 is 35.8 Å². The van der Waals surface area contributed by atoms with E-state index in [-0.39, 0.29) is 47.9 Å². The van der Waals surface area contributed by atoms with Crippen LogP contribution in [0, 0.1) is 0 Å². The molecule has 0 bridgehead atoms. The minimum Gasteiger partial charge on any atom is -0.484 e. The van der Waals surface area contributed by atoms with E-state index in [0.717, 1.165) is 6.07 Å². The fourth-order valence-corrected chi connectivity index (χ4v) is 2.04. The monoisotopic (exact) mass is 535 g/mol. The van der Waals surface area contributed by atoms with Crippen LogP contribution in [-0.4, -0.2) is 25.1 Å². The highest BCUT2D eigenvalue weighted by Gasteiger charge is 2.32. The maximum absolute atomic E-state index is 12.4. The summed E-state index contributed by atoms with van der Waals surface area (Å²) in [5.74, 6) is -0.698. The van der Waals surface area contributed by atoms with E-state index >= 15 is 0 Å². The third kappa shape index (κ3) is 9.58. The maximum atomic E-state index is 12.4. The molecule has 0 aliphatic heterocycles. The van der Waals surface area contributed by atoms with E-state index in [9.17, 15) is 26.3 Å². The van der Waals surface area contributed by atoms with Gasteiger partial charge in [0.15, 0.2) is 18.3 Å². The summed E-state index contributed by atoms with van der Waals surface area (Å²) >= 11 is 0. The average molecular weight is 535 g/mol. The number of anilines is 1. The van der Waals surface area contributed by atoms with Crippen LogP contribution in [0.3, 0.4) is 0 Å².